The zero-order valence-corrected chi connectivity index (χ0v) is 31.1. The molecule has 2 aliphatic heterocycles. The maximum absolute atomic E-state index is 14.7. The summed E-state index contributed by atoms with van der Waals surface area (Å²) in [6.45, 7) is 7.43. The van der Waals surface area contributed by atoms with Crippen LogP contribution in [0.15, 0.2) is 52.9 Å². The van der Waals surface area contributed by atoms with Crippen LogP contribution in [0, 0.1) is 23.7 Å². The lowest BCUT2D eigenvalue weighted by molar-refractivity contribution is -0.137. The lowest BCUT2D eigenvalue weighted by Crippen LogP contribution is -2.51. The van der Waals surface area contributed by atoms with E-state index >= 15 is 0 Å². The van der Waals surface area contributed by atoms with Crippen molar-refractivity contribution < 1.29 is 28.4 Å². The molecular weight excluding hydrogens is 674 g/mol. The second-order valence-electron chi connectivity index (χ2n) is 15.9. The number of allylic oxidation sites excluding steroid dienone is 1. The fraction of sp³-hybridized carbons (Fsp3) is 0.590. The molecule has 9 nitrogen and oxygen atoms in total. The first-order valence-electron chi connectivity index (χ1n) is 18.1. The quantitative estimate of drug-likeness (QED) is 0.341. The standard InChI is InChI=1S/C39H50ClN3O6S/c1-24-7-5-9-34(48-4)31-13-10-28(31)21-43-22-39(16-6-8-26-17-30(40)12-14-32(26)39)23-49-35-15-11-27(18-33(35)43)36(44)41-50(47,25(24)2)42-37(45)29-19-38(3,46)20-29/h5,9,11-12,14-15,17-18,24-25,28-29,31,34,46H,6-8,10,13,16,19-23H2,1-4H3,(H,41,42,44,45,47)/b9-5+/t24-,25+,28-,29-,31+,34-,38+,39-,50?/m0/s1. The first-order chi connectivity index (χ1) is 23.8. The van der Waals surface area contributed by atoms with Crippen LogP contribution in [0.3, 0.4) is 0 Å². The Morgan fingerprint density at radius 3 is 2.70 bits per heavy atom. The number of rotatable bonds is 3. The fourth-order valence-electron chi connectivity index (χ4n) is 8.90. The molecule has 0 saturated heterocycles. The van der Waals surface area contributed by atoms with E-state index in [-0.39, 0.29) is 30.3 Å². The van der Waals surface area contributed by atoms with E-state index in [2.05, 4.69) is 38.3 Å². The van der Waals surface area contributed by atoms with Gasteiger partial charge in [0.25, 0.3) is 5.91 Å². The molecule has 7 atom stereocenters. The summed E-state index contributed by atoms with van der Waals surface area (Å²) in [5.41, 5.74) is 2.46. The van der Waals surface area contributed by atoms with Crippen molar-refractivity contribution >= 4 is 39.0 Å². The van der Waals surface area contributed by atoms with Crippen molar-refractivity contribution in [1.82, 2.24) is 4.72 Å². The van der Waals surface area contributed by atoms with Crippen LogP contribution in [-0.2, 0) is 31.3 Å². The zero-order chi connectivity index (χ0) is 35.4. The normalized spacial score (nSPS) is 37.5. The molecule has 2 amide bonds. The number of hydrogen-bond acceptors (Lipinski definition) is 7. The zero-order valence-electron chi connectivity index (χ0n) is 29.5. The fourth-order valence-corrected chi connectivity index (χ4v) is 11.0. The molecule has 5 aliphatic rings. The van der Waals surface area contributed by atoms with Gasteiger partial charge >= 0.3 is 0 Å². The summed E-state index contributed by atoms with van der Waals surface area (Å²) < 4.78 is 34.5. The highest BCUT2D eigenvalue weighted by atomic mass is 35.5. The van der Waals surface area contributed by atoms with Crippen molar-refractivity contribution in [3.63, 3.8) is 0 Å². The number of carbonyl (C=O) groups excluding carboxylic acids is 2. The molecule has 2 saturated carbocycles. The van der Waals surface area contributed by atoms with Gasteiger partial charge in [0.2, 0.25) is 5.91 Å². The lowest BCUT2D eigenvalue weighted by atomic mass is 9.68. The van der Waals surface area contributed by atoms with Gasteiger partial charge < -0.3 is 19.5 Å². The van der Waals surface area contributed by atoms with E-state index in [0.717, 1.165) is 49.4 Å². The Hall–Kier alpha value is -2.92. The molecule has 3 aliphatic carbocycles. The second-order valence-corrected chi connectivity index (χ2v) is 18.6. The number of nitrogens with one attached hydrogen (secondary N) is 1. The Balaban J connectivity index is 1.30. The predicted molar refractivity (Wildman–Crippen MR) is 196 cm³/mol. The van der Waals surface area contributed by atoms with Gasteiger partial charge in [-0.15, -0.1) is 4.36 Å². The monoisotopic (exact) mass is 723 g/mol. The summed E-state index contributed by atoms with van der Waals surface area (Å²) >= 11 is 6.45. The topological polar surface area (TPSA) is 118 Å². The van der Waals surface area contributed by atoms with Crippen LogP contribution >= 0.6 is 11.6 Å². The highest BCUT2D eigenvalue weighted by Crippen LogP contribution is 2.47. The van der Waals surface area contributed by atoms with E-state index in [9.17, 15) is 18.9 Å². The smallest absolute Gasteiger partial charge is 0.286 e. The van der Waals surface area contributed by atoms with Crippen molar-refractivity contribution in [2.24, 2.45) is 28.0 Å². The van der Waals surface area contributed by atoms with Gasteiger partial charge in [0, 0.05) is 42.1 Å². The summed E-state index contributed by atoms with van der Waals surface area (Å²) in [4.78, 5) is 29.8. The van der Waals surface area contributed by atoms with Gasteiger partial charge in [-0.1, -0.05) is 36.7 Å². The Kier molecular flexibility index (Phi) is 9.63. The van der Waals surface area contributed by atoms with Gasteiger partial charge in [-0.05, 0) is 124 Å². The van der Waals surface area contributed by atoms with Crippen LogP contribution in [0.1, 0.15) is 87.2 Å². The SMILES string of the molecule is CO[C@H]1/C=C/C[C@H](C)[C@@H](C)S(=O)(NC(=O)[C@H]2C[C@@](C)(O)C2)=NC(=O)c2ccc3c(c2)N(C[C@@H]2CC[C@H]21)C[C@@]1(CCCc2cc(Cl)ccc21)CO3. The molecular formula is C39H50ClN3O6S. The molecule has 2 fully saturated rings. The number of fused-ring (bicyclic) bond motifs is 4. The molecule has 2 heterocycles. The predicted octanol–water partition coefficient (Wildman–Crippen LogP) is 6.64. The van der Waals surface area contributed by atoms with Crippen molar-refractivity contribution in [1.29, 1.82) is 0 Å². The first kappa shape index (κ1) is 35.5. The van der Waals surface area contributed by atoms with Crippen LogP contribution in [0.5, 0.6) is 5.75 Å². The van der Waals surface area contributed by atoms with E-state index in [4.69, 9.17) is 21.1 Å². The minimum Gasteiger partial charge on any atom is -0.490 e. The molecule has 50 heavy (non-hydrogen) atoms. The molecule has 0 radical (unpaired) electrons. The molecule has 2 bridgehead atoms. The Morgan fingerprint density at radius 1 is 1.18 bits per heavy atom. The Labute approximate surface area is 301 Å². The van der Waals surface area contributed by atoms with Crippen LogP contribution in [0.25, 0.3) is 0 Å². The average Bonchev–Trinajstić information content (AvgIpc) is 3.20. The highest BCUT2D eigenvalue weighted by Gasteiger charge is 2.46. The number of aryl methyl sites for hydroxylation is 1. The maximum atomic E-state index is 14.7. The van der Waals surface area contributed by atoms with Gasteiger partial charge in [0.05, 0.1) is 29.2 Å². The molecule has 2 N–H and O–H groups in total. The largest absolute Gasteiger partial charge is 0.490 e. The number of anilines is 1. The van der Waals surface area contributed by atoms with E-state index in [0.29, 0.717) is 42.7 Å². The number of halogens is 1. The minimum absolute atomic E-state index is 0.0635. The van der Waals surface area contributed by atoms with Crippen molar-refractivity contribution in [2.75, 3.05) is 31.7 Å². The van der Waals surface area contributed by atoms with Crippen molar-refractivity contribution in [3.05, 3.63) is 70.3 Å². The number of aliphatic hydroxyl groups is 1. The number of amides is 2. The van der Waals surface area contributed by atoms with Crippen LogP contribution in [-0.4, -0.2) is 64.9 Å². The van der Waals surface area contributed by atoms with Crippen LogP contribution in [0.2, 0.25) is 5.02 Å². The van der Waals surface area contributed by atoms with Gasteiger partial charge in [-0.25, -0.2) is 4.21 Å². The van der Waals surface area contributed by atoms with E-state index in [1.54, 1.807) is 27.0 Å². The van der Waals surface area contributed by atoms with E-state index in [1.807, 2.05) is 25.1 Å². The summed E-state index contributed by atoms with van der Waals surface area (Å²) in [7, 11) is -1.79. The second kappa shape index (κ2) is 13.6. The first-order valence-corrected chi connectivity index (χ1v) is 20.1. The molecule has 270 valence electrons. The third-order valence-corrected chi connectivity index (χ3v) is 14.9. The number of nitrogens with zero attached hydrogens (tertiary/aromatic N) is 2. The lowest BCUT2D eigenvalue weighted by Gasteiger charge is -2.46. The van der Waals surface area contributed by atoms with Crippen LogP contribution < -0.4 is 14.4 Å². The summed E-state index contributed by atoms with van der Waals surface area (Å²) in [5.74, 6) is -0.316. The number of carbonyl (C=O) groups is 2. The summed E-state index contributed by atoms with van der Waals surface area (Å²) in [5, 5.41) is 10.4. The van der Waals surface area contributed by atoms with E-state index in [1.165, 1.54) is 11.1 Å². The number of benzene rings is 2. The number of ether oxygens (including phenoxy) is 2. The average molecular weight is 724 g/mol. The highest BCUT2D eigenvalue weighted by molar-refractivity contribution is 7.93. The van der Waals surface area contributed by atoms with Crippen molar-refractivity contribution in [3.8, 4) is 5.75 Å². The molecule has 1 unspecified atom stereocenters. The summed E-state index contributed by atoms with van der Waals surface area (Å²) in [6, 6.07) is 11.6. The number of hydrogen-bond donors (Lipinski definition) is 2. The van der Waals surface area contributed by atoms with Gasteiger partial charge in [0.15, 0.2) is 0 Å². The van der Waals surface area contributed by atoms with Gasteiger partial charge in [0.1, 0.15) is 15.7 Å². The third-order valence-electron chi connectivity index (χ3n) is 12.3. The summed E-state index contributed by atoms with van der Waals surface area (Å²) in [6.07, 6.45) is 10.4. The maximum Gasteiger partial charge on any atom is 0.286 e. The molecule has 2 aromatic rings. The van der Waals surface area contributed by atoms with Crippen LogP contribution in [0.4, 0.5) is 5.69 Å². The molecule has 11 heteroatoms. The molecule has 0 aromatic heterocycles. The third kappa shape index (κ3) is 6.73. The van der Waals surface area contributed by atoms with Crippen molar-refractivity contribution in [2.45, 2.75) is 94.5 Å². The van der Waals surface area contributed by atoms with Gasteiger partial charge in [-0.2, -0.15) is 0 Å². The number of methoxy groups -OCH3 is 1. The molecule has 2 aromatic carbocycles. The minimum atomic E-state index is -3.56. The van der Waals surface area contributed by atoms with Gasteiger partial charge in [-0.3, -0.25) is 14.3 Å². The Bertz CT molecular complexity index is 1810. The molecule has 1 spiro atoms. The van der Waals surface area contributed by atoms with E-state index < -0.39 is 38.5 Å². The molecule has 7 rings (SSSR count). The Morgan fingerprint density at radius 2 is 1.98 bits per heavy atom.